The van der Waals surface area contributed by atoms with Crippen LogP contribution >= 0.6 is 0 Å². The summed E-state index contributed by atoms with van der Waals surface area (Å²) in [5, 5.41) is 3.11. The van der Waals surface area contributed by atoms with Gasteiger partial charge >= 0.3 is 5.97 Å². The Bertz CT molecular complexity index is 1060. The number of hydrogen-bond acceptors (Lipinski definition) is 5. The van der Waals surface area contributed by atoms with Crippen LogP contribution in [0.1, 0.15) is 22.8 Å². The van der Waals surface area contributed by atoms with Crippen molar-refractivity contribution < 1.29 is 18.7 Å². The number of nitrogens with one attached hydrogen (secondary N) is 1. The molecule has 3 rings (SSSR count). The van der Waals surface area contributed by atoms with Gasteiger partial charge in [-0.1, -0.05) is 12.1 Å². The van der Waals surface area contributed by atoms with Crippen LogP contribution in [0.15, 0.2) is 70.1 Å². The number of amides is 1. The quantitative estimate of drug-likeness (QED) is 0.553. The molecule has 0 aliphatic heterocycles. The van der Waals surface area contributed by atoms with E-state index in [1.54, 1.807) is 55.5 Å². The minimum absolute atomic E-state index is 0.209. The summed E-state index contributed by atoms with van der Waals surface area (Å²) in [5.74, 6) is -0.829. The number of carbonyl (C=O) groups is 2. The minimum Gasteiger partial charge on any atom is -0.463 e. The van der Waals surface area contributed by atoms with Gasteiger partial charge in [0.2, 0.25) is 5.91 Å². The van der Waals surface area contributed by atoms with Crippen LogP contribution in [0, 0.1) is 0 Å². The van der Waals surface area contributed by atoms with Crippen molar-refractivity contribution in [3.8, 4) is 0 Å². The summed E-state index contributed by atoms with van der Waals surface area (Å²) in [5.41, 5.74) is 1.48. The van der Waals surface area contributed by atoms with E-state index in [9.17, 15) is 14.4 Å². The fraction of sp³-hybridized carbons (Fsp3) is 0.0952. The molecule has 0 fully saturated rings. The summed E-state index contributed by atoms with van der Waals surface area (Å²) in [7, 11) is 0. The first-order valence-electron chi connectivity index (χ1n) is 8.35. The summed E-state index contributed by atoms with van der Waals surface area (Å²) < 4.78 is 10.3. The van der Waals surface area contributed by atoms with E-state index in [1.807, 2.05) is 0 Å². The van der Waals surface area contributed by atoms with E-state index in [0.717, 1.165) is 0 Å². The van der Waals surface area contributed by atoms with E-state index in [1.165, 1.54) is 18.4 Å². The summed E-state index contributed by atoms with van der Waals surface area (Å²) in [4.78, 5) is 36.0. The summed E-state index contributed by atoms with van der Waals surface area (Å²) in [6, 6.07) is 13.2. The number of anilines is 1. The van der Waals surface area contributed by atoms with Crippen LogP contribution < -0.4 is 10.7 Å². The van der Waals surface area contributed by atoms with Gasteiger partial charge in [0.05, 0.1) is 23.1 Å². The third-order valence-corrected chi connectivity index (χ3v) is 3.78. The number of rotatable bonds is 5. The highest BCUT2D eigenvalue weighted by Gasteiger charge is 2.07. The standard InChI is InChI=1S/C21H17NO5/c1-2-26-21(25)14-7-10-16(11-8-14)22-19(23)12-9-15-13-27-18-6-4-3-5-17(18)20(15)24/h3-13H,2H2,1H3,(H,22,23)/b12-9+. The molecule has 0 aliphatic rings. The Balaban J connectivity index is 1.70. The molecule has 6 nitrogen and oxygen atoms in total. The Morgan fingerprint density at radius 2 is 1.85 bits per heavy atom. The first-order chi connectivity index (χ1) is 13.1. The van der Waals surface area contributed by atoms with Gasteiger partial charge in [0, 0.05) is 11.8 Å². The second kappa shape index (κ2) is 8.14. The van der Waals surface area contributed by atoms with Gasteiger partial charge in [-0.2, -0.15) is 0 Å². The highest BCUT2D eigenvalue weighted by molar-refractivity contribution is 6.02. The molecule has 0 spiro atoms. The number of esters is 1. The van der Waals surface area contributed by atoms with Crippen molar-refractivity contribution in [3.63, 3.8) is 0 Å². The summed E-state index contributed by atoms with van der Waals surface area (Å²) in [6.07, 6.45) is 3.98. The van der Waals surface area contributed by atoms with Crippen LogP contribution in [0.4, 0.5) is 5.69 Å². The predicted molar refractivity (Wildman–Crippen MR) is 103 cm³/mol. The number of hydrogen-bond donors (Lipinski definition) is 1. The molecule has 0 unspecified atom stereocenters. The number of benzene rings is 2. The van der Waals surface area contributed by atoms with Crippen molar-refractivity contribution in [1.29, 1.82) is 0 Å². The summed E-state index contributed by atoms with van der Waals surface area (Å²) >= 11 is 0. The molecular weight excluding hydrogens is 346 g/mol. The molecule has 2 aromatic carbocycles. The van der Waals surface area contributed by atoms with Crippen LogP contribution in [-0.2, 0) is 9.53 Å². The molecule has 0 radical (unpaired) electrons. The largest absolute Gasteiger partial charge is 0.463 e. The smallest absolute Gasteiger partial charge is 0.338 e. The first kappa shape index (κ1) is 18.1. The average Bonchev–Trinajstić information content (AvgIpc) is 2.68. The highest BCUT2D eigenvalue weighted by Crippen LogP contribution is 2.12. The molecule has 0 bridgehead atoms. The maximum Gasteiger partial charge on any atom is 0.338 e. The van der Waals surface area contributed by atoms with Crippen LogP contribution in [0.25, 0.3) is 17.0 Å². The molecule has 1 amide bonds. The molecule has 1 N–H and O–H groups in total. The normalized spacial score (nSPS) is 10.9. The van der Waals surface area contributed by atoms with E-state index in [-0.39, 0.29) is 11.0 Å². The van der Waals surface area contributed by atoms with Gasteiger partial charge in [0.25, 0.3) is 0 Å². The lowest BCUT2D eigenvalue weighted by molar-refractivity contribution is -0.111. The molecule has 1 aromatic heterocycles. The topological polar surface area (TPSA) is 85.6 Å². The first-order valence-corrected chi connectivity index (χ1v) is 8.35. The lowest BCUT2D eigenvalue weighted by atomic mass is 10.1. The number of carbonyl (C=O) groups excluding carboxylic acids is 2. The average molecular weight is 363 g/mol. The van der Waals surface area contributed by atoms with Crippen molar-refractivity contribution in [3.05, 3.63) is 82.2 Å². The van der Waals surface area contributed by atoms with Gasteiger partial charge in [0.15, 0.2) is 5.43 Å². The molecule has 0 atom stereocenters. The SMILES string of the molecule is CCOC(=O)c1ccc(NC(=O)/C=C/c2coc3ccccc3c2=O)cc1. The van der Waals surface area contributed by atoms with Crippen LogP contribution in [0.3, 0.4) is 0 Å². The summed E-state index contributed by atoms with van der Waals surface area (Å²) in [6.45, 7) is 2.03. The molecule has 0 saturated carbocycles. The molecule has 3 aromatic rings. The zero-order valence-corrected chi connectivity index (χ0v) is 14.6. The van der Waals surface area contributed by atoms with Gasteiger partial charge in [-0.05, 0) is 49.4 Å². The highest BCUT2D eigenvalue weighted by atomic mass is 16.5. The monoisotopic (exact) mass is 363 g/mol. The second-order valence-electron chi connectivity index (χ2n) is 5.64. The molecule has 1 heterocycles. The number of para-hydroxylation sites is 1. The molecule has 6 heteroatoms. The zero-order chi connectivity index (χ0) is 19.2. The van der Waals surface area contributed by atoms with Gasteiger partial charge in [-0.15, -0.1) is 0 Å². The number of fused-ring (bicyclic) bond motifs is 1. The van der Waals surface area contributed by atoms with Crippen molar-refractivity contribution in [2.45, 2.75) is 6.92 Å². The molecule has 0 aliphatic carbocycles. The lowest BCUT2D eigenvalue weighted by Gasteiger charge is -2.04. The Kier molecular flexibility index (Phi) is 5.47. The maximum absolute atomic E-state index is 12.4. The Labute approximate surface area is 155 Å². The van der Waals surface area contributed by atoms with Gasteiger partial charge in [-0.25, -0.2) is 4.79 Å². The molecule has 0 saturated heterocycles. The van der Waals surface area contributed by atoms with Crippen molar-refractivity contribution >= 4 is 34.6 Å². The van der Waals surface area contributed by atoms with Crippen molar-refractivity contribution in [2.24, 2.45) is 0 Å². The molecule has 27 heavy (non-hydrogen) atoms. The Morgan fingerprint density at radius 3 is 2.59 bits per heavy atom. The van der Waals surface area contributed by atoms with Gasteiger partial charge < -0.3 is 14.5 Å². The van der Waals surface area contributed by atoms with E-state index in [0.29, 0.717) is 28.8 Å². The number of ether oxygens (including phenoxy) is 1. The van der Waals surface area contributed by atoms with E-state index in [4.69, 9.17) is 9.15 Å². The van der Waals surface area contributed by atoms with Crippen LogP contribution in [0.5, 0.6) is 0 Å². The van der Waals surface area contributed by atoms with Gasteiger partial charge in [0.1, 0.15) is 11.8 Å². The fourth-order valence-corrected chi connectivity index (χ4v) is 2.46. The minimum atomic E-state index is -0.418. The van der Waals surface area contributed by atoms with Crippen molar-refractivity contribution in [2.75, 3.05) is 11.9 Å². The Morgan fingerprint density at radius 1 is 1.11 bits per heavy atom. The maximum atomic E-state index is 12.4. The fourth-order valence-electron chi connectivity index (χ4n) is 2.46. The van der Waals surface area contributed by atoms with E-state index < -0.39 is 11.9 Å². The predicted octanol–water partition coefficient (Wildman–Crippen LogP) is 3.62. The van der Waals surface area contributed by atoms with E-state index in [2.05, 4.69) is 5.32 Å². The van der Waals surface area contributed by atoms with Crippen molar-refractivity contribution in [1.82, 2.24) is 0 Å². The zero-order valence-electron chi connectivity index (χ0n) is 14.6. The second-order valence-corrected chi connectivity index (χ2v) is 5.64. The Hall–Kier alpha value is -3.67. The van der Waals surface area contributed by atoms with Gasteiger partial charge in [-0.3, -0.25) is 9.59 Å². The van der Waals surface area contributed by atoms with Crippen LogP contribution in [0.2, 0.25) is 0 Å². The third kappa shape index (κ3) is 4.30. The van der Waals surface area contributed by atoms with Crippen LogP contribution in [-0.4, -0.2) is 18.5 Å². The lowest BCUT2D eigenvalue weighted by Crippen LogP contribution is -2.10. The molecular formula is C21H17NO5. The van der Waals surface area contributed by atoms with E-state index >= 15 is 0 Å². The molecule has 136 valence electrons. The third-order valence-electron chi connectivity index (χ3n) is 3.78.